The fraction of sp³-hybridized carbons (Fsp3) is 0.304. The van der Waals surface area contributed by atoms with Gasteiger partial charge in [-0.2, -0.15) is 0 Å². The topological polar surface area (TPSA) is 67.9 Å². The van der Waals surface area contributed by atoms with E-state index in [1.807, 2.05) is 12.1 Å². The molecule has 0 bridgehead atoms. The lowest BCUT2D eigenvalue weighted by Gasteiger charge is -2.30. The van der Waals surface area contributed by atoms with Gasteiger partial charge in [0.2, 0.25) is 5.91 Å². The van der Waals surface area contributed by atoms with Gasteiger partial charge in [-0.05, 0) is 43.5 Å². The Morgan fingerprint density at radius 3 is 2.41 bits per heavy atom. The normalized spacial score (nSPS) is 13.9. The summed E-state index contributed by atoms with van der Waals surface area (Å²) < 4.78 is 11.2. The third-order valence-corrected chi connectivity index (χ3v) is 4.99. The summed E-state index contributed by atoms with van der Waals surface area (Å²) in [5, 5.41) is 2.72. The Balaban J connectivity index is 1.82. The number of carbonyl (C=O) groups is 2. The number of benzene rings is 2. The van der Waals surface area contributed by atoms with Crippen molar-refractivity contribution in [2.45, 2.75) is 19.3 Å². The number of amides is 1. The number of carbonyl (C=O) groups excluding carboxylic acids is 2. The van der Waals surface area contributed by atoms with Crippen LogP contribution in [0.3, 0.4) is 0 Å². The highest BCUT2D eigenvalue weighted by Crippen LogP contribution is 2.37. The average Bonchev–Trinajstić information content (AvgIpc) is 2.78. The molecule has 0 saturated carbocycles. The first-order chi connectivity index (χ1) is 14.2. The van der Waals surface area contributed by atoms with E-state index in [0.717, 1.165) is 42.9 Å². The minimum atomic E-state index is -0.333. The maximum atomic E-state index is 12.3. The van der Waals surface area contributed by atoms with Crippen LogP contribution in [-0.2, 0) is 4.79 Å². The number of methoxy groups -OCH3 is 2. The molecule has 0 unspecified atom stereocenters. The largest absolute Gasteiger partial charge is 0.496 e. The van der Waals surface area contributed by atoms with Crippen molar-refractivity contribution >= 4 is 29.6 Å². The summed E-state index contributed by atoms with van der Waals surface area (Å²) in [6, 6.07) is 10.7. The molecule has 0 atom stereocenters. The van der Waals surface area contributed by atoms with Crippen molar-refractivity contribution in [2.24, 2.45) is 0 Å². The van der Waals surface area contributed by atoms with E-state index in [1.54, 1.807) is 44.6 Å². The van der Waals surface area contributed by atoms with Gasteiger partial charge in [0.05, 0.1) is 25.6 Å². The molecule has 2 aromatic rings. The number of aldehydes is 1. The number of nitrogens with one attached hydrogen (secondary N) is 1. The van der Waals surface area contributed by atoms with Crippen LogP contribution in [0.4, 0.5) is 11.4 Å². The number of rotatable bonds is 7. The Morgan fingerprint density at radius 1 is 1.00 bits per heavy atom. The van der Waals surface area contributed by atoms with E-state index >= 15 is 0 Å². The van der Waals surface area contributed by atoms with Crippen molar-refractivity contribution in [3.05, 3.63) is 53.6 Å². The molecule has 1 heterocycles. The van der Waals surface area contributed by atoms with Gasteiger partial charge in [0.15, 0.2) is 6.29 Å². The second-order valence-corrected chi connectivity index (χ2v) is 6.84. The summed E-state index contributed by atoms with van der Waals surface area (Å²) in [4.78, 5) is 25.7. The fourth-order valence-corrected chi connectivity index (χ4v) is 3.47. The van der Waals surface area contributed by atoms with E-state index in [0.29, 0.717) is 23.3 Å². The smallest absolute Gasteiger partial charge is 0.248 e. The van der Waals surface area contributed by atoms with Gasteiger partial charge in [-0.1, -0.05) is 12.1 Å². The van der Waals surface area contributed by atoms with E-state index in [9.17, 15) is 9.59 Å². The Kier molecular flexibility index (Phi) is 6.89. The lowest BCUT2D eigenvalue weighted by Crippen LogP contribution is -2.29. The summed E-state index contributed by atoms with van der Waals surface area (Å²) in [6.45, 7) is 1.99. The van der Waals surface area contributed by atoms with Crippen LogP contribution in [-0.4, -0.2) is 39.5 Å². The van der Waals surface area contributed by atoms with Crippen molar-refractivity contribution in [1.82, 2.24) is 0 Å². The maximum absolute atomic E-state index is 12.3. The van der Waals surface area contributed by atoms with Gasteiger partial charge in [0.25, 0.3) is 0 Å². The predicted octanol–water partition coefficient (Wildman–Crippen LogP) is 4.16. The second-order valence-electron chi connectivity index (χ2n) is 6.84. The molecule has 152 valence electrons. The molecular weight excluding hydrogens is 368 g/mol. The Hall–Kier alpha value is -3.28. The third kappa shape index (κ3) is 4.96. The van der Waals surface area contributed by atoms with E-state index < -0.39 is 0 Å². The zero-order chi connectivity index (χ0) is 20.6. The zero-order valence-electron chi connectivity index (χ0n) is 16.8. The molecule has 2 aromatic carbocycles. The Morgan fingerprint density at radius 2 is 1.72 bits per heavy atom. The van der Waals surface area contributed by atoms with Crippen molar-refractivity contribution in [3.8, 4) is 11.5 Å². The van der Waals surface area contributed by atoms with Crippen LogP contribution < -0.4 is 19.7 Å². The molecule has 1 aliphatic rings. The molecule has 1 saturated heterocycles. The number of ether oxygens (including phenoxy) is 2. The number of anilines is 2. The Labute approximate surface area is 171 Å². The van der Waals surface area contributed by atoms with E-state index in [4.69, 9.17) is 9.47 Å². The zero-order valence-corrected chi connectivity index (χ0v) is 16.8. The molecule has 1 aliphatic heterocycles. The minimum absolute atomic E-state index is 0.333. The van der Waals surface area contributed by atoms with Gasteiger partial charge in [-0.3, -0.25) is 9.59 Å². The summed E-state index contributed by atoms with van der Waals surface area (Å²) >= 11 is 0. The summed E-state index contributed by atoms with van der Waals surface area (Å²) in [7, 11) is 3.26. The first kappa shape index (κ1) is 20.5. The highest BCUT2D eigenvalue weighted by atomic mass is 16.5. The molecule has 3 rings (SSSR count). The maximum Gasteiger partial charge on any atom is 0.248 e. The summed E-state index contributed by atoms with van der Waals surface area (Å²) in [5.74, 6) is 1.09. The molecule has 6 nitrogen and oxygen atoms in total. The molecule has 0 spiro atoms. The first-order valence-corrected chi connectivity index (χ1v) is 9.70. The standard InChI is InChI=1S/C23H26N2O4/c1-28-21-15-20(25-12-6-3-7-13-25)22(29-2)14-17(21)10-11-23(27)24-19-9-5-4-8-18(19)16-26/h4-5,8-11,14-16H,3,6-7,12-13H2,1-2H3,(H,24,27)/b11-10+. The minimum Gasteiger partial charge on any atom is -0.496 e. The molecule has 1 N–H and O–H groups in total. The molecule has 1 fully saturated rings. The molecule has 0 aromatic heterocycles. The van der Waals surface area contributed by atoms with Crippen LogP contribution in [0.1, 0.15) is 35.2 Å². The van der Waals surface area contributed by atoms with Gasteiger partial charge >= 0.3 is 0 Å². The summed E-state index contributed by atoms with van der Waals surface area (Å²) in [6.07, 6.45) is 7.39. The number of hydrogen-bond donors (Lipinski definition) is 1. The second kappa shape index (κ2) is 9.78. The lowest BCUT2D eigenvalue weighted by molar-refractivity contribution is -0.111. The molecule has 1 amide bonds. The van der Waals surface area contributed by atoms with Gasteiger partial charge in [-0.15, -0.1) is 0 Å². The quantitative estimate of drug-likeness (QED) is 0.564. The number of hydrogen-bond acceptors (Lipinski definition) is 5. The van der Waals surface area contributed by atoms with E-state index in [2.05, 4.69) is 10.2 Å². The Bertz CT molecular complexity index is 902. The van der Waals surface area contributed by atoms with Crippen LogP contribution in [0.25, 0.3) is 6.08 Å². The van der Waals surface area contributed by atoms with Crippen molar-refractivity contribution < 1.29 is 19.1 Å². The molecule has 0 aliphatic carbocycles. The average molecular weight is 394 g/mol. The van der Waals surface area contributed by atoms with E-state index in [-0.39, 0.29) is 5.91 Å². The monoisotopic (exact) mass is 394 g/mol. The fourth-order valence-electron chi connectivity index (χ4n) is 3.47. The summed E-state index contributed by atoms with van der Waals surface area (Å²) in [5.41, 5.74) is 2.65. The van der Waals surface area contributed by atoms with Crippen LogP contribution in [0.15, 0.2) is 42.5 Å². The third-order valence-electron chi connectivity index (χ3n) is 4.99. The number of para-hydroxylation sites is 1. The first-order valence-electron chi connectivity index (χ1n) is 9.70. The number of nitrogens with zero attached hydrogens (tertiary/aromatic N) is 1. The van der Waals surface area contributed by atoms with E-state index in [1.165, 1.54) is 12.5 Å². The van der Waals surface area contributed by atoms with Crippen LogP contribution in [0.2, 0.25) is 0 Å². The number of piperidine rings is 1. The lowest BCUT2D eigenvalue weighted by atomic mass is 10.1. The van der Waals surface area contributed by atoms with Gasteiger partial charge < -0.3 is 19.7 Å². The van der Waals surface area contributed by atoms with Gasteiger partial charge in [0.1, 0.15) is 11.5 Å². The predicted molar refractivity (Wildman–Crippen MR) is 115 cm³/mol. The van der Waals surface area contributed by atoms with Gasteiger partial charge in [-0.25, -0.2) is 0 Å². The highest BCUT2D eigenvalue weighted by molar-refractivity contribution is 6.04. The molecule has 6 heteroatoms. The SMILES string of the molecule is COc1cc(N2CCCCC2)c(OC)cc1/C=C/C(=O)Nc1ccccc1C=O. The molecular formula is C23H26N2O4. The highest BCUT2D eigenvalue weighted by Gasteiger charge is 2.18. The van der Waals surface area contributed by atoms with Gasteiger partial charge in [0, 0.05) is 36.4 Å². The van der Waals surface area contributed by atoms with Crippen molar-refractivity contribution in [1.29, 1.82) is 0 Å². The molecule has 29 heavy (non-hydrogen) atoms. The van der Waals surface area contributed by atoms with Crippen molar-refractivity contribution in [3.63, 3.8) is 0 Å². The van der Waals surface area contributed by atoms with Crippen LogP contribution in [0.5, 0.6) is 11.5 Å². The van der Waals surface area contributed by atoms with Crippen LogP contribution >= 0.6 is 0 Å². The van der Waals surface area contributed by atoms with Crippen molar-refractivity contribution in [2.75, 3.05) is 37.5 Å². The molecule has 0 radical (unpaired) electrons. The van der Waals surface area contributed by atoms with Crippen LogP contribution in [0, 0.1) is 0 Å².